The van der Waals surface area contributed by atoms with E-state index in [9.17, 15) is 9.18 Å². The molecule has 0 bridgehead atoms. The Morgan fingerprint density at radius 1 is 1.88 bits per heavy atom. The lowest BCUT2D eigenvalue weighted by molar-refractivity contribution is -0.115. The van der Waals surface area contributed by atoms with Gasteiger partial charge in [0.05, 0.1) is 0 Å². The molecule has 0 spiro atoms. The van der Waals surface area contributed by atoms with Gasteiger partial charge in [-0.3, -0.25) is 4.79 Å². The average Bonchev–Trinajstić information content (AvgIpc) is 1.67. The van der Waals surface area contributed by atoms with E-state index in [1.54, 1.807) is 6.92 Å². The van der Waals surface area contributed by atoms with Crippen LogP contribution in [0.3, 0.4) is 0 Å². The summed E-state index contributed by atoms with van der Waals surface area (Å²) in [6.07, 6.45) is 1.64. The van der Waals surface area contributed by atoms with Crippen LogP contribution in [0.4, 0.5) is 4.39 Å². The van der Waals surface area contributed by atoms with Crippen molar-refractivity contribution in [2.75, 3.05) is 0 Å². The van der Waals surface area contributed by atoms with Gasteiger partial charge in [-0.15, -0.1) is 0 Å². The molecule has 0 rings (SSSR count). The Morgan fingerprint density at radius 2 is 2.38 bits per heavy atom. The SMILES string of the molecule is CC/C=C(/F)C(N)=O. The molecule has 0 saturated carbocycles. The summed E-state index contributed by atoms with van der Waals surface area (Å²) in [7, 11) is 0. The summed E-state index contributed by atoms with van der Waals surface area (Å²) in [5.74, 6) is -1.85. The molecule has 0 aromatic carbocycles. The standard InChI is InChI=1S/C5H8FNO/c1-2-3-4(6)5(7)8/h3H,2H2,1H3,(H2,7,8)/b4-3+. The van der Waals surface area contributed by atoms with Gasteiger partial charge in [0.1, 0.15) is 0 Å². The zero-order valence-corrected chi connectivity index (χ0v) is 4.65. The Hall–Kier alpha value is -0.860. The second-order valence-electron chi connectivity index (χ2n) is 1.32. The minimum Gasteiger partial charge on any atom is -0.364 e. The van der Waals surface area contributed by atoms with E-state index in [1.807, 2.05) is 0 Å². The Labute approximate surface area is 47.2 Å². The third-order valence-corrected chi connectivity index (χ3v) is 0.619. The van der Waals surface area contributed by atoms with E-state index in [1.165, 1.54) is 0 Å². The molecule has 0 aliphatic rings. The van der Waals surface area contributed by atoms with E-state index in [4.69, 9.17) is 0 Å². The summed E-state index contributed by atoms with van der Waals surface area (Å²) in [5, 5.41) is 0. The zero-order valence-electron chi connectivity index (χ0n) is 4.65. The quantitative estimate of drug-likeness (QED) is 0.532. The lowest BCUT2D eigenvalue weighted by Crippen LogP contribution is -2.10. The van der Waals surface area contributed by atoms with Gasteiger partial charge in [0, 0.05) is 0 Å². The van der Waals surface area contributed by atoms with Crippen LogP contribution in [0, 0.1) is 0 Å². The smallest absolute Gasteiger partial charge is 0.277 e. The van der Waals surface area contributed by atoms with Crippen LogP contribution in [-0.2, 0) is 4.79 Å². The third-order valence-electron chi connectivity index (χ3n) is 0.619. The second kappa shape index (κ2) is 3.18. The first-order valence-corrected chi connectivity index (χ1v) is 2.34. The number of amides is 1. The van der Waals surface area contributed by atoms with Crippen LogP contribution in [-0.4, -0.2) is 5.91 Å². The number of carbonyl (C=O) groups is 1. The van der Waals surface area contributed by atoms with Crippen molar-refractivity contribution in [3.05, 3.63) is 11.9 Å². The highest BCUT2D eigenvalue weighted by atomic mass is 19.1. The number of rotatable bonds is 2. The topological polar surface area (TPSA) is 43.1 Å². The monoisotopic (exact) mass is 117 g/mol. The van der Waals surface area contributed by atoms with Crippen LogP contribution in [0.5, 0.6) is 0 Å². The third kappa shape index (κ3) is 2.34. The van der Waals surface area contributed by atoms with Crippen LogP contribution in [0.25, 0.3) is 0 Å². The fourth-order valence-electron chi connectivity index (χ4n) is 0.280. The molecule has 1 amide bonds. The van der Waals surface area contributed by atoms with Crippen molar-refractivity contribution in [3.63, 3.8) is 0 Å². The number of hydrogen-bond donors (Lipinski definition) is 1. The van der Waals surface area contributed by atoms with Crippen LogP contribution in [0.2, 0.25) is 0 Å². The van der Waals surface area contributed by atoms with Crippen molar-refractivity contribution in [1.29, 1.82) is 0 Å². The van der Waals surface area contributed by atoms with Gasteiger partial charge in [0.2, 0.25) is 0 Å². The molecule has 0 unspecified atom stereocenters. The van der Waals surface area contributed by atoms with Gasteiger partial charge in [0.25, 0.3) is 5.91 Å². The van der Waals surface area contributed by atoms with Crippen molar-refractivity contribution < 1.29 is 9.18 Å². The molecule has 0 aliphatic carbocycles. The highest BCUT2D eigenvalue weighted by Gasteiger charge is 1.97. The molecular weight excluding hydrogens is 109 g/mol. The molecule has 8 heavy (non-hydrogen) atoms. The number of allylic oxidation sites excluding steroid dienone is 1. The largest absolute Gasteiger partial charge is 0.364 e. The Morgan fingerprint density at radius 3 is 2.50 bits per heavy atom. The summed E-state index contributed by atoms with van der Waals surface area (Å²) < 4.78 is 11.9. The predicted octanol–water partition coefficient (Wildman–Crippen LogP) is 0.735. The van der Waals surface area contributed by atoms with Crippen molar-refractivity contribution >= 4 is 5.91 Å². The molecule has 2 N–H and O–H groups in total. The molecule has 0 radical (unpaired) electrons. The maximum atomic E-state index is 11.9. The van der Waals surface area contributed by atoms with E-state index >= 15 is 0 Å². The van der Waals surface area contributed by atoms with Gasteiger partial charge in [-0.2, -0.15) is 0 Å². The number of nitrogens with two attached hydrogens (primary N) is 1. The molecule has 0 aliphatic heterocycles. The molecule has 2 nitrogen and oxygen atoms in total. The van der Waals surface area contributed by atoms with Crippen molar-refractivity contribution in [1.82, 2.24) is 0 Å². The Balaban J connectivity index is 3.80. The molecule has 0 aromatic rings. The van der Waals surface area contributed by atoms with Crippen molar-refractivity contribution in [2.45, 2.75) is 13.3 Å². The average molecular weight is 117 g/mol. The van der Waals surface area contributed by atoms with E-state index in [0.717, 1.165) is 6.08 Å². The fraction of sp³-hybridized carbons (Fsp3) is 0.400. The first-order chi connectivity index (χ1) is 3.68. The lowest BCUT2D eigenvalue weighted by atomic mass is 10.4. The van der Waals surface area contributed by atoms with Crippen LogP contribution in [0.1, 0.15) is 13.3 Å². The minimum atomic E-state index is -0.994. The first kappa shape index (κ1) is 7.14. The van der Waals surface area contributed by atoms with E-state index in [-0.39, 0.29) is 0 Å². The fourth-order valence-corrected chi connectivity index (χ4v) is 0.280. The molecule has 3 heteroatoms. The van der Waals surface area contributed by atoms with E-state index < -0.39 is 11.7 Å². The first-order valence-electron chi connectivity index (χ1n) is 2.34. The lowest BCUT2D eigenvalue weighted by Gasteiger charge is -1.83. The molecule has 0 heterocycles. The number of carbonyl (C=O) groups excluding carboxylic acids is 1. The molecular formula is C5H8FNO. The second-order valence-corrected chi connectivity index (χ2v) is 1.32. The summed E-state index contributed by atoms with van der Waals surface area (Å²) in [4.78, 5) is 9.87. The highest BCUT2D eigenvalue weighted by Crippen LogP contribution is 1.94. The molecule has 0 saturated heterocycles. The normalized spacial score (nSPS) is 11.5. The maximum absolute atomic E-state index is 11.9. The number of halogens is 1. The maximum Gasteiger partial charge on any atom is 0.277 e. The highest BCUT2D eigenvalue weighted by molar-refractivity contribution is 5.89. The van der Waals surface area contributed by atoms with Gasteiger partial charge >= 0.3 is 0 Å². The zero-order chi connectivity index (χ0) is 6.57. The van der Waals surface area contributed by atoms with Crippen molar-refractivity contribution in [2.24, 2.45) is 5.73 Å². The summed E-state index contributed by atoms with van der Waals surface area (Å²) >= 11 is 0. The number of primary amides is 1. The predicted molar refractivity (Wildman–Crippen MR) is 28.7 cm³/mol. The summed E-state index contributed by atoms with van der Waals surface area (Å²) in [6.45, 7) is 1.72. The summed E-state index contributed by atoms with van der Waals surface area (Å²) in [5.41, 5.74) is 4.54. The van der Waals surface area contributed by atoms with Crippen LogP contribution < -0.4 is 5.73 Å². The van der Waals surface area contributed by atoms with Gasteiger partial charge in [0.15, 0.2) is 5.83 Å². The number of hydrogen-bond acceptors (Lipinski definition) is 1. The van der Waals surface area contributed by atoms with E-state index in [2.05, 4.69) is 5.73 Å². The van der Waals surface area contributed by atoms with Gasteiger partial charge in [-0.1, -0.05) is 6.92 Å². The molecule has 0 fully saturated rings. The Kier molecular flexibility index (Phi) is 2.84. The van der Waals surface area contributed by atoms with Crippen molar-refractivity contribution in [3.8, 4) is 0 Å². The van der Waals surface area contributed by atoms with Crippen LogP contribution in [0.15, 0.2) is 11.9 Å². The minimum absolute atomic E-state index is 0.495. The van der Waals surface area contributed by atoms with Gasteiger partial charge in [-0.05, 0) is 12.5 Å². The summed E-state index contributed by atoms with van der Waals surface area (Å²) in [6, 6.07) is 0. The molecule has 0 atom stereocenters. The Bertz CT molecular complexity index is 120. The molecule has 0 aromatic heterocycles. The van der Waals surface area contributed by atoms with Gasteiger partial charge in [-0.25, -0.2) is 4.39 Å². The molecule has 46 valence electrons. The van der Waals surface area contributed by atoms with Crippen LogP contribution >= 0.6 is 0 Å². The van der Waals surface area contributed by atoms with Gasteiger partial charge < -0.3 is 5.73 Å². The van der Waals surface area contributed by atoms with E-state index in [0.29, 0.717) is 6.42 Å².